The van der Waals surface area contributed by atoms with Crippen LogP contribution in [0.25, 0.3) is 0 Å². The normalized spacial score (nSPS) is 18.3. The second-order valence-electron chi connectivity index (χ2n) is 8.84. The van der Waals surface area contributed by atoms with E-state index >= 15 is 0 Å². The Morgan fingerprint density at radius 1 is 1.00 bits per heavy atom. The van der Waals surface area contributed by atoms with Gasteiger partial charge in [-0.1, -0.05) is 67.2 Å². The summed E-state index contributed by atoms with van der Waals surface area (Å²) in [6.45, 7) is 18.3. The third-order valence-electron chi connectivity index (χ3n) is 5.46. The molecule has 0 aromatic heterocycles. The van der Waals surface area contributed by atoms with Gasteiger partial charge in [0.25, 0.3) is 0 Å². The van der Waals surface area contributed by atoms with E-state index in [-0.39, 0.29) is 11.7 Å². The Balaban J connectivity index is 2.71. The minimum atomic E-state index is -0.311. The summed E-state index contributed by atoms with van der Waals surface area (Å²) in [5.74, 6) is 6.15. The number of rotatable bonds is 9. The molecule has 0 amide bonds. The molecule has 0 aromatic rings. The Morgan fingerprint density at radius 2 is 1.65 bits per heavy atom. The fourth-order valence-electron chi connectivity index (χ4n) is 3.67. The summed E-state index contributed by atoms with van der Waals surface area (Å²) in [7, 11) is 0. The Morgan fingerprint density at radius 3 is 2.26 bits per heavy atom. The van der Waals surface area contributed by atoms with Gasteiger partial charge in [-0.3, -0.25) is 0 Å². The molecule has 0 unspecified atom stereocenters. The van der Waals surface area contributed by atoms with E-state index in [9.17, 15) is 0 Å². The molecule has 0 aliphatic heterocycles. The van der Waals surface area contributed by atoms with Crippen LogP contribution in [-0.2, 0) is 9.47 Å². The Hall–Kier alpha value is -2.08. The highest BCUT2D eigenvalue weighted by atomic mass is 16.7. The van der Waals surface area contributed by atoms with Crippen LogP contribution in [0.3, 0.4) is 0 Å². The Kier molecular flexibility index (Phi) is 12.2. The summed E-state index contributed by atoms with van der Waals surface area (Å²) in [5, 5.41) is 0. The van der Waals surface area contributed by atoms with Gasteiger partial charge in [-0.15, -0.1) is 0 Å². The van der Waals surface area contributed by atoms with Crippen molar-refractivity contribution in [3.05, 3.63) is 70.4 Å². The van der Waals surface area contributed by atoms with Crippen LogP contribution in [0.15, 0.2) is 70.4 Å². The summed E-state index contributed by atoms with van der Waals surface area (Å²) in [6.07, 6.45) is 18.1. The Labute approximate surface area is 191 Å². The summed E-state index contributed by atoms with van der Waals surface area (Å²) in [5.41, 5.74) is 6.66. The van der Waals surface area contributed by atoms with Crippen LogP contribution in [0.1, 0.15) is 74.7 Å². The number of hydrogen-bond acceptors (Lipinski definition) is 2. The van der Waals surface area contributed by atoms with Crippen molar-refractivity contribution in [2.45, 2.75) is 80.9 Å². The molecule has 170 valence electrons. The first kappa shape index (κ1) is 27.0. The second-order valence-corrected chi connectivity index (χ2v) is 8.84. The third-order valence-corrected chi connectivity index (χ3v) is 5.46. The highest BCUT2D eigenvalue weighted by Gasteiger charge is 2.26. The molecular weight excluding hydrogens is 380 g/mol. The van der Waals surface area contributed by atoms with Gasteiger partial charge in [0.2, 0.25) is 0 Å². The molecular formula is C29H42O2. The lowest BCUT2D eigenvalue weighted by Crippen LogP contribution is -2.19. The van der Waals surface area contributed by atoms with Crippen LogP contribution in [0.4, 0.5) is 0 Å². The van der Waals surface area contributed by atoms with Crippen molar-refractivity contribution in [3.63, 3.8) is 0 Å². The van der Waals surface area contributed by atoms with E-state index < -0.39 is 0 Å². The van der Waals surface area contributed by atoms with Gasteiger partial charge < -0.3 is 9.47 Å². The number of hydrogen-bond donors (Lipinski definition) is 0. The maximum absolute atomic E-state index is 5.57. The van der Waals surface area contributed by atoms with Gasteiger partial charge in [-0.25, -0.2) is 0 Å². The largest absolute Gasteiger partial charge is 0.349 e. The van der Waals surface area contributed by atoms with Crippen LogP contribution >= 0.6 is 0 Å². The lowest BCUT2D eigenvalue weighted by molar-refractivity contribution is -0.111. The molecule has 0 bridgehead atoms. The molecule has 1 rings (SSSR count). The van der Waals surface area contributed by atoms with Crippen molar-refractivity contribution >= 4 is 0 Å². The maximum atomic E-state index is 5.57. The van der Waals surface area contributed by atoms with Crippen LogP contribution in [0.5, 0.6) is 0 Å². The van der Waals surface area contributed by atoms with E-state index in [0.717, 1.165) is 11.1 Å². The predicted octanol–water partition coefficient (Wildman–Crippen LogP) is 7.87. The molecule has 0 fully saturated rings. The monoisotopic (exact) mass is 422 g/mol. The molecule has 0 spiro atoms. The molecule has 0 saturated heterocycles. The first-order chi connectivity index (χ1) is 14.7. The SMILES string of the molecule is CCOC(OCC)/C(C)=C/C#C/C=C(C)/C=C/C=C(C)/C=C/C1=C(C)CCCC1(C)C. The van der Waals surface area contributed by atoms with Crippen molar-refractivity contribution in [2.24, 2.45) is 5.41 Å². The molecule has 0 radical (unpaired) electrons. The summed E-state index contributed by atoms with van der Waals surface area (Å²) in [4.78, 5) is 0. The lowest BCUT2D eigenvalue weighted by Gasteiger charge is -2.32. The molecule has 1 aliphatic carbocycles. The highest BCUT2D eigenvalue weighted by Crippen LogP contribution is 2.40. The molecule has 2 heteroatoms. The highest BCUT2D eigenvalue weighted by molar-refractivity contribution is 5.38. The van der Waals surface area contributed by atoms with E-state index in [1.807, 2.05) is 32.9 Å². The number of allylic oxidation sites excluding steroid dienone is 11. The molecule has 2 nitrogen and oxygen atoms in total. The Bertz CT molecular complexity index is 811. The minimum absolute atomic E-state index is 0.283. The van der Waals surface area contributed by atoms with Crippen molar-refractivity contribution in [2.75, 3.05) is 13.2 Å². The fraction of sp³-hybridized carbons (Fsp3) is 0.517. The molecule has 1 aliphatic rings. The smallest absolute Gasteiger partial charge is 0.180 e. The van der Waals surface area contributed by atoms with Crippen LogP contribution < -0.4 is 0 Å². The van der Waals surface area contributed by atoms with E-state index in [2.05, 4.69) is 76.8 Å². The molecule has 0 aromatic carbocycles. The van der Waals surface area contributed by atoms with Gasteiger partial charge in [0.15, 0.2) is 6.29 Å². The first-order valence-electron chi connectivity index (χ1n) is 11.5. The zero-order valence-electron chi connectivity index (χ0n) is 21.0. The second kappa shape index (κ2) is 14.1. The van der Waals surface area contributed by atoms with Crippen LogP contribution in [0, 0.1) is 17.3 Å². The van der Waals surface area contributed by atoms with Gasteiger partial charge in [0.05, 0.1) is 0 Å². The van der Waals surface area contributed by atoms with Crippen molar-refractivity contribution in [1.82, 2.24) is 0 Å². The average Bonchev–Trinajstić information content (AvgIpc) is 2.70. The van der Waals surface area contributed by atoms with Gasteiger partial charge in [-0.2, -0.15) is 0 Å². The zero-order valence-corrected chi connectivity index (χ0v) is 21.0. The van der Waals surface area contributed by atoms with Crippen molar-refractivity contribution < 1.29 is 9.47 Å². The van der Waals surface area contributed by atoms with E-state index in [1.54, 1.807) is 0 Å². The van der Waals surface area contributed by atoms with Crippen LogP contribution in [0.2, 0.25) is 0 Å². The minimum Gasteiger partial charge on any atom is -0.349 e. The summed E-state index contributed by atoms with van der Waals surface area (Å²) in [6, 6.07) is 0. The predicted molar refractivity (Wildman–Crippen MR) is 135 cm³/mol. The van der Waals surface area contributed by atoms with E-state index in [1.165, 1.54) is 36.0 Å². The first-order valence-corrected chi connectivity index (χ1v) is 11.5. The lowest BCUT2D eigenvalue weighted by atomic mass is 9.72. The third kappa shape index (κ3) is 10.2. The average molecular weight is 423 g/mol. The molecule has 31 heavy (non-hydrogen) atoms. The molecule has 0 heterocycles. The quantitative estimate of drug-likeness (QED) is 0.214. The van der Waals surface area contributed by atoms with Crippen molar-refractivity contribution in [1.29, 1.82) is 0 Å². The zero-order chi connectivity index (χ0) is 23.3. The number of ether oxygens (including phenoxy) is 2. The van der Waals surface area contributed by atoms with E-state index in [0.29, 0.717) is 13.2 Å². The fourth-order valence-corrected chi connectivity index (χ4v) is 3.67. The van der Waals surface area contributed by atoms with Gasteiger partial charge in [0.1, 0.15) is 0 Å². The molecule has 0 N–H and O–H groups in total. The molecule has 0 atom stereocenters. The summed E-state index contributed by atoms with van der Waals surface area (Å²) >= 11 is 0. The summed E-state index contributed by atoms with van der Waals surface area (Å²) < 4.78 is 11.1. The maximum Gasteiger partial charge on any atom is 0.180 e. The van der Waals surface area contributed by atoms with Gasteiger partial charge >= 0.3 is 0 Å². The van der Waals surface area contributed by atoms with Crippen LogP contribution in [-0.4, -0.2) is 19.5 Å². The van der Waals surface area contributed by atoms with Crippen molar-refractivity contribution in [3.8, 4) is 11.8 Å². The van der Waals surface area contributed by atoms with E-state index in [4.69, 9.17) is 9.47 Å². The standard InChI is InChI=1S/C29H42O2/c1-9-30-28(31-10-2)26(6)18-12-11-15-23(3)16-13-17-24(4)20-21-27-25(5)19-14-22-29(27,7)8/h13,15-18,20-21,28H,9-10,14,19,22H2,1-8H3/b16-13+,21-20+,23-15+,24-17+,26-18+. The van der Waals surface area contributed by atoms with Gasteiger partial charge in [0, 0.05) is 13.2 Å². The van der Waals surface area contributed by atoms with Gasteiger partial charge in [-0.05, 0) is 95.1 Å². The molecule has 0 saturated carbocycles. The topological polar surface area (TPSA) is 18.5 Å².